The topological polar surface area (TPSA) is 20.2 Å². The highest BCUT2D eigenvalue weighted by atomic mass is 79.9. The van der Waals surface area contributed by atoms with E-state index in [9.17, 15) is 5.11 Å². The predicted molar refractivity (Wildman–Crippen MR) is 95.7 cm³/mol. The van der Waals surface area contributed by atoms with Crippen LogP contribution >= 0.6 is 43.2 Å². The minimum atomic E-state index is -0.595. The number of halogens is 2. The van der Waals surface area contributed by atoms with Crippen LogP contribution in [-0.4, -0.2) is 5.11 Å². The Hall–Kier alpha value is -0.940. The highest BCUT2D eigenvalue weighted by Crippen LogP contribution is 2.37. The molecule has 21 heavy (non-hydrogen) atoms. The molecule has 0 saturated carbocycles. The summed E-state index contributed by atoms with van der Waals surface area (Å²) in [6.45, 7) is 0. The first-order chi connectivity index (χ1) is 10.1. The second-order valence-corrected chi connectivity index (χ2v) is 7.92. The highest BCUT2D eigenvalue weighted by molar-refractivity contribution is 9.13. The summed E-state index contributed by atoms with van der Waals surface area (Å²) in [6, 6.07) is 20.2. The molecule has 0 saturated heterocycles. The van der Waals surface area contributed by atoms with Gasteiger partial charge in [-0.3, -0.25) is 0 Å². The Labute approximate surface area is 144 Å². The van der Waals surface area contributed by atoms with E-state index >= 15 is 0 Å². The van der Waals surface area contributed by atoms with Gasteiger partial charge in [0, 0.05) is 9.35 Å². The fraction of sp³-hybridized carbons (Fsp3) is 0.0588. The maximum absolute atomic E-state index is 10.5. The van der Waals surface area contributed by atoms with Crippen LogP contribution in [0.15, 0.2) is 68.9 Å². The van der Waals surface area contributed by atoms with E-state index in [1.54, 1.807) is 0 Å². The first-order valence-electron chi connectivity index (χ1n) is 6.43. The molecule has 1 aromatic heterocycles. The van der Waals surface area contributed by atoms with Gasteiger partial charge in [-0.1, -0.05) is 54.6 Å². The lowest BCUT2D eigenvalue weighted by Crippen LogP contribution is -1.96. The van der Waals surface area contributed by atoms with Gasteiger partial charge in [0.25, 0.3) is 0 Å². The fourth-order valence-electron chi connectivity index (χ4n) is 2.15. The van der Waals surface area contributed by atoms with Crippen molar-refractivity contribution >= 4 is 43.2 Å². The molecule has 1 atom stereocenters. The summed E-state index contributed by atoms with van der Waals surface area (Å²) in [4.78, 5) is 0.918. The first kappa shape index (κ1) is 15.0. The van der Waals surface area contributed by atoms with Gasteiger partial charge in [-0.15, -0.1) is 11.3 Å². The maximum Gasteiger partial charge on any atom is 0.113 e. The Morgan fingerprint density at radius 2 is 1.48 bits per heavy atom. The Bertz CT molecular complexity index is 716. The molecule has 0 aliphatic carbocycles. The summed E-state index contributed by atoms with van der Waals surface area (Å²) >= 11 is 8.45. The Kier molecular flexibility index (Phi) is 4.60. The van der Waals surface area contributed by atoms with E-state index in [0.29, 0.717) is 0 Å². The first-order valence-corrected chi connectivity index (χ1v) is 8.83. The minimum absolute atomic E-state index is 0.595. The van der Waals surface area contributed by atoms with Crippen molar-refractivity contribution in [1.82, 2.24) is 0 Å². The van der Waals surface area contributed by atoms with Gasteiger partial charge >= 0.3 is 0 Å². The normalized spacial score (nSPS) is 12.3. The van der Waals surface area contributed by atoms with Crippen molar-refractivity contribution in [1.29, 1.82) is 0 Å². The van der Waals surface area contributed by atoms with Gasteiger partial charge in [0.05, 0.1) is 3.79 Å². The summed E-state index contributed by atoms with van der Waals surface area (Å²) in [5, 5.41) is 10.5. The van der Waals surface area contributed by atoms with E-state index in [-0.39, 0.29) is 0 Å². The van der Waals surface area contributed by atoms with Crippen LogP contribution in [-0.2, 0) is 0 Å². The second-order valence-electron chi connectivity index (χ2n) is 4.66. The zero-order valence-electron chi connectivity index (χ0n) is 11.0. The van der Waals surface area contributed by atoms with Crippen molar-refractivity contribution in [2.24, 2.45) is 0 Å². The molecule has 2 aromatic carbocycles. The van der Waals surface area contributed by atoms with E-state index in [1.165, 1.54) is 16.9 Å². The Morgan fingerprint density at radius 3 is 2.05 bits per heavy atom. The monoisotopic (exact) mass is 422 g/mol. The molecular formula is C17H12Br2OS. The van der Waals surface area contributed by atoms with Crippen LogP contribution in [0.1, 0.15) is 16.5 Å². The molecule has 1 heterocycles. The van der Waals surface area contributed by atoms with Crippen LogP contribution in [0.25, 0.3) is 11.1 Å². The fourth-order valence-corrected chi connectivity index (χ4v) is 4.25. The standard InChI is InChI=1S/C17H12Br2OS/c18-14-10-15(21-17(14)19)16(20)13-8-6-12(7-9-13)11-4-2-1-3-5-11/h1-10,16,20H. The van der Waals surface area contributed by atoms with Gasteiger partial charge in [-0.05, 0) is 54.6 Å². The molecule has 3 aromatic rings. The SMILES string of the molecule is OC(c1ccc(-c2ccccc2)cc1)c1cc(Br)c(Br)s1. The molecule has 106 valence electrons. The molecular weight excluding hydrogens is 412 g/mol. The van der Waals surface area contributed by atoms with Crippen LogP contribution in [0.2, 0.25) is 0 Å². The number of hydrogen-bond acceptors (Lipinski definition) is 2. The summed E-state index contributed by atoms with van der Waals surface area (Å²) in [6.07, 6.45) is -0.595. The van der Waals surface area contributed by atoms with Crippen LogP contribution < -0.4 is 0 Å². The van der Waals surface area contributed by atoms with E-state index in [1.807, 2.05) is 48.5 Å². The van der Waals surface area contributed by atoms with Crippen molar-refractivity contribution in [3.05, 3.63) is 79.4 Å². The third-order valence-corrected chi connectivity index (χ3v) is 6.58. The van der Waals surface area contributed by atoms with Crippen LogP contribution in [0.4, 0.5) is 0 Å². The molecule has 1 N–H and O–H groups in total. The van der Waals surface area contributed by atoms with Gasteiger partial charge in [0.15, 0.2) is 0 Å². The van der Waals surface area contributed by atoms with E-state index in [2.05, 4.69) is 44.0 Å². The quantitative estimate of drug-likeness (QED) is 0.545. The van der Waals surface area contributed by atoms with E-state index in [0.717, 1.165) is 24.3 Å². The van der Waals surface area contributed by atoms with Crippen molar-refractivity contribution in [3.63, 3.8) is 0 Å². The number of hydrogen-bond donors (Lipinski definition) is 1. The lowest BCUT2D eigenvalue weighted by molar-refractivity contribution is 0.224. The van der Waals surface area contributed by atoms with Crippen LogP contribution in [0.3, 0.4) is 0 Å². The summed E-state index contributed by atoms with van der Waals surface area (Å²) in [5.41, 5.74) is 3.23. The van der Waals surface area contributed by atoms with Crippen molar-refractivity contribution in [3.8, 4) is 11.1 Å². The van der Waals surface area contributed by atoms with Crippen LogP contribution in [0.5, 0.6) is 0 Å². The molecule has 0 amide bonds. The molecule has 0 fully saturated rings. The third kappa shape index (κ3) is 3.29. The predicted octanol–water partition coefficient (Wildman–Crippen LogP) is 6.02. The number of benzene rings is 2. The van der Waals surface area contributed by atoms with Gasteiger partial charge in [0.1, 0.15) is 6.10 Å². The number of aliphatic hydroxyl groups is 1. The average Bonchev–Trinajstić information content (AvgIpc) is 2.87. The summed E-state index contributed by atoms with van der Waals surface area (Å²) in [5.74, 6) is 0. The molecule has 0 spiro atoms. The van der Waals surface area contributed by atoms with Crippen molar-refractivity contribution < 1.29 is 5.11 Å². The van der Waals surface area contributed by atoms with Crippen LogP contribution in [0, 0.1) is 0 Å². The average molecular weight is 424 g/mol. The Balaban J connectivity index is 1.87. The highest BCUT2D eigenvalue weighted by Gasteiger charge is 2.15. The molecule has 3 rings (SSSR count). The van der Waals surface area contributed by atoms with Crippen molar-refractivity contribution in [2.45, 2.75) is 6.10 Å². The molecule has 1 unspecified atom stereocenters. The molecule has 0 bridgehead atoms. The Morgan fingerprint density at radius 1 is 0.857 bits per heavy atom. The molecule has 1 nitrogen and oxygen atoms in total. The lowest BCUT2D eigenvalue weighted by Gasteiger charge is -2.10. The van der Waals surface area contributed by atoms with Gasteiger partial charge < -0.3 is 5.11 Å². The zero-order valence-corrected chi connectivity index (χ0v) is 15.0. The summed E-state index contributed by atoms with van der Waals surface area (Å²) < 4.78 is 1.97. The summed E-state index contributed by atoms with van der Waals surface area (Å²) in [7, 11) is 0. The van der Waals surface area contributed by atoms with Gasteiger partial charge in [-0.2, -0.15) is 0 Å². The number of aliphatic hydroxyl groups excluding tert-OH is 1. The van der Waals surface area contributed by atoms with E-state index < -0.39 is 6.10 Å². The molecule has 0 radical (unpaired) electrons. The van der Waals surface area contributed by atoms with Crippen molar-refractivity contribution in [2.75, 3.05) is 0 Å². The lowest BCUT2D eigenvalue weighted by atomic mass is 10.0. The molecule has 4 heteroatoms. The number of rotatable bonds is 3. The third-order valence-electron chi connectivity index (χ3n) is 3.27. The molecule has 0 aliphatic rings. The van der Waals surface area contributed by atoms with Gasteiger partial charge in [-0.25, -0.2) is 0 Å². The number of thiophene rings is 1. The van der Waals surface area contributed by atoms with E-state index in [4.69, 9.17) is 0 Å². The zero-order chi connectivity index (χ0) is 14.8. The largest absolute Gasteiger partial charge is 0.383 e. The smallest absolute Gasteiger partial charge is 0.113 e. The second kappa shape index (κ2) is 6.44. The van der Waals surface area contributed by atoms with Gasteiger partial charge in [0.2, 0.25) is 0 Å². The maximum atomic E-state index is 10.5. The minimum Gasteiger partial charge on any atom is -0.383 e. The molecule has 0 aliphatic heterocycles.